The van der Waals surface area contributed by atoms with Gasteiger partial charge in [-0.1, -0.05) is 0 Å². The molecule has 1 unspecified atom stereocenters. The Morgan fingerprint density at radius 1 is 1.67 bits per heavy atom. The summed E-state index contributed by atoms with van der Waals surface area (Å²) in [7, 11) is 1.54. The Hall–Kier alpha value is -1.56. The van der Waals surface area contributed by atoms with E-state index < -0.39 is 6.29 Å². The first-order valence-corrected chi connectivity index (χ1v) is 3.49. The van der Waals surface area contributed by atoms with Gasteiger partial charge in [0, 0.05) is 0 Å². The second-order valence-electron chi connectivity index (χ2n) is 2.35. The zero-order valence-corrected chi connectivity index (χ0v) is 6.53. The lowest BCUT2D eigenvalue weighted by Gasteiger charge is -2.17. The van der Waals surface area contributed by atoms with Crippen molar-refractivity contribution >= 4 is 11.7 Å². The molecule has 6 heteroatoms. The molecule has 0 amide bonds. The number of aliphatic imine (C=N–C) groups is 1. The zero-order chi connectivity index (χ0) is 8.55. The van der Waals surface area contributed by atoms with Crippen molar-refractivity contribution in [2.24, 2.45) is 10.7 Å². The van der Waals surface area contributed by atoms with Crippen LogP contribution in [0.15, 0.2) is 11.3 Å². The molecule has 64 valence electrons. The molecule has 2 heterocycles. The molecule has 0 aliphatic carbocycles. The first-order valence-electron chi connectivity index (χ1n) is 3.49. The molecule has 1 atom stereocenters. The molecular weight excluding hydrogens is 158 g/mol. The van der Waals surface area contributed by atoms with E-state index in [2.05, 4.69) is 20.3 Å². The molecule has 0 bridgehead atoms. The monoisotopic (exact) mass is 167 g/mol. The van der Waals surface area contributed by atoms with Crippen LogP contribution >= 0.6 is 0 Å². The predicted molar refractivity (Wildman–Crippen MR) is 43.7 cm³/mol. The number of fused-ring (bicyclic) bond motifs is 1. The number of methoxy groups -OCH3 is 1. The first kappa shape index (κ1) is 7.11. The van der Waals surface area contributed by atoms with E-state index in [0.717, 1.165) is 5.69 Å². The van der Waals surface area contributed by atoms with Crippen LogP contribution < -0.4 is 11.1 Å². The summed E-state index contributed by atoms with van der Waals surface area (Å²) in [6.07, 6.45) is 1.08. The number of nitrogens with one attached hydrogen (secondary N) is 2. The maximum atomic E-state index is 5.54. The summed E-state index contributed by atoms with van der Waals surface area (Å²) in [5, 5.41) is 2.87. The van der Waals surface area contributed by atoms with E-state index in [9.17, 15) is 0 Å². The fraction of sp³-hybridized carbons (Fsp3) is 0.333. The largest absolute Gasteiger partial charge is 0.480 e. The summed E-state index contributed by atoms with van der Waals surface area (Å²) >= 11 is 0. The smallest absolute Gasteiger partial charge is 0.239 e. The van der Waals surface area contributed by atoms with Gasteiger partial charge in [0.15, 0.2) is 12.1 Å². The van der Waals surface area contributed by atoms with Crippen LogP contribution in [0.5, 0.6) is 0 Å². The van der Waals surface area contributed by atoms with Gasteiger partial charge in [0.25, 0.3) is 0 Å². The van der Waals surface area contributed by atoms with Crippen LogP contribution in [-0.2, 0) is 4.74 Å². The highest BCUT2D eigenvalue weighted by Gasteiger charge is 2.20. The molecule has 0 radical (unpaired) electrons. The molecule has 0 saturated heterocycles. The molecule has 12 heavy (non-hydrogen) atoms. The summed E-state index contributed by atoms with van der Waals surface area (Å²) in [6.45, 7) is 0. The highest BCUT2D eigenvalue weighted by Crippen LogP contribution is 2.16. The van der Waals surface area contributed by atoms with Crippen molar-refractivity contribution in [3.8, 4) is 0 Å². The summed E-state index contributed by atoms with van der Waals surface area (Å²) in [5.74, 6) is 1.16. The number of imidazole rings is 1. The highest BCUT2D eigenvalue weighted by molar-refractivity contribution is 5.98. The highest BCUT2D eigenvalue weighted by atomic mass is 16.5. The van der Waals surface area contributed by atoms with Crippen LogP contribution in [-0.4, -0.2) is 29.3 Å². The zero-order valence-electron chi connectivity index (χ0n) is 6.53. The number of rotatable bonds is 0. The predicted octanol–water partition coefficient (Wildman–Crippen LogP) is -0.530. The number of H-pyrrole nitrogens is 1. The van der Waals surface area contributed by atoms with Crippen LogP contribution in [0.1, 0.15) is 5.69 Å². The van der Waals surface area contributed by atoms with E-state index >= 15 is 0 Å². The lowest BCUT2D eigenvalue weighted by atomic mass is 10.4. The van der Waals surface area contributed by atoms with Crippen LogP contribution in [0.2, 0.25) is 0 Å². The Morgan fingerprint density at radius 2 is 2.50 bits per heavy atom. The van der Waals surface area contributed by atoms with E-state index in [1.165, 1.54) is 0 Å². The molecule has 1 aliphatic rings. The van der Waals surface area contributed by atoms with Crippen molar-refractivity contribution < 1.29 is 4.74 Å². The van der Waals surface area contributed by atoms with Crippen LogP contribution in [0, 0.1) is 0 Å². The van der Waals surface area contributed by atoms with Gasteiger partial charge in [0.1, 0.15) is 5.69 Å². The molecule has 0 aromatic carbocycles. The van der Waals surface area contributed by atoms with Gasteiger partial charge in [-0.05, 0) is 0 Å². The molecule has 2 rings (SSSR count). The van der Waals surface area contributed by atoms with Gasteiger partial charge in [-0.25, -0.2) is 9.98 Å². The SMILES string of the molecule is COC1=NC(N)Nc2nc[nH]c21. The molecule has 4 N–H and O–H groups in total. The second kappa shape index (κ2) is 2.49. The summed E-state index contributed by atoms with van der Waals surface area (Å²) in [4.78, 5) is 10.9. The molecule has 0 saturated carbocycles. The average molecular weight is 167 g/mol. The number of anilines is 1. The van der Waals surface area contributed by atoms with Gasteiger partial charge in [-0.15, -0.1) is 0 Å². The molecule has 0 fully saturated rings. The first-order chi connectivity index (χ1) is 5.81. The molecule has 0 spiro atoms. The Balaban J connectivity index is 2.44. The van der Waals surface area contributed by atoms with Gasteiger partial charge >= 0.3 is 0 Å². The topological polar surface area (TPSA) is 88.3 Å². The average Bonchev–Trinajstić information content (AvgIpc) is 2.50. The fourth-order valence-corrected chi connectivity index (χ4v) is 1.08. The Labute approximate surface area is 68.8 Å². The van der Waals surface area contributed by atoms with E-state index in [0.29, 0.717) is 11.7 Å². The van der Waals surface area contributed by atoms with Crippen molar-refractivity contribution in [2.45, 2.75) is 6.29 Å². The van der Waals surface area contributed by atoms with Gasteiger partial charge in [0.2, 0.25) is 5.90 Å². The number of ether oxygens (including phenoxy) is 1. The molecule has 6 nitrogen and oxygen atoms in total. The minimum atomic E-state index is -0.476. The number of aromatic nitrogens is 2. The summed E-state index contributed by atoms with van der Waals surface area (Å²) in [5.41, 5.74) is 6.28. The third kappa shape index (κ3) is 0.928. The van der Waals surface area contributed by atoms with Crippen LogP contribution in [0.4, 0.5) is 5.82 Å². The number of nitrogens with two attached hydrogens (primary N) is 1. The number of hydrogen-bond acceptors (Lipinski definition) is 5. The second-order valence-corrected chi connectivity index (χ2v) is 2.35. The van der Waals surface area contributed by atoms with Gasteiger partial charge < -0.3 is 15.0 Å². The van der Waals surface area contributed by atoms with Crippen molar-refractivity contribution in [1.29, 1.82) is 0 Å². The maximum Gasteiger partial charge on any atom is 0.239 e. The third-order valence-corrected chi connectivity index (χ3v) is 1.59. The fourth-order valence-electron chi connectivity index (χ4n) is 1.08. The van der Waals surface area contributed by atoms with Gasteiger partial charge in [-0.3, -0.25) is 5.73 Å². The molecule has 1 aromatic rings. The van der Waals surface area contributed by atoms with Gasteiger partial charge in [-0.2, -0.15) is 0 Å². The third-order valence-electron chi connectivity index (χ3n) is 1.59. The Kier molecular flexibility index (Phi) is 1.47. The van der Waals surface area contributed by atoms with E-state index in [1.54, 1.807) is 13.4 Å². The van der Waals surface area contributed by atoms with E-state index in [4.69, 9.17) is 10.5 Å². The van der Waals surface area contributed by atoms with Crippen molar-refractivity contribution in [3.63, 3.8) is 0 Å². The Bertz CT molecular complexity index is 317. The summed E-state index contributed by atoms with van der Waals surface area (Å²) < 4.78 is 5.01. The normalized spacial score (nSPS) is 20.8. The number of nitrogens with zero attached hydrogens (tertiary/aromatic N) is 2. The lowest BCUT2D eigenvalue weighted by Crippen LogP contribution is -2.33. The van der Waals surface area contributed by atoms with Gasteiger partial charge in [0.05, 0.1) is 13.4 Å². The standard InChI is InChI=1S/C6H9N5O/c1-12-5-3-4(9-2-8-3)10-6(7)11-5/h2,6,10H,7H2,1H3,(H,8,9). The minimum Gasteiger partial charge on any atom is -0.480 e. The molecule has 1 aliphatic heterocycles. The van der Waals surface area contributed by atoms with E-state index in [-0.39, 0.29) is 0 Å². The van der Waals surface area contributed by atoms with Crippen molar-refractivity contribution in [1.82, 2.24) is 9.97 Å². The quantitative estimate of drug-likeness (QED) is 0.484. The number of aromatic amines is 1. The maximum absolute atomic E-state index is 5.54. The molecular formula is C6H9N5O. The Morgan fingerprint density at radius 3 is 3.25 bits per heavy atom. The number of hydrogen-bond donors (Lipinski definition) is 3. The lowest BCUT2D eigenvalue weighted by molar-refractivity contribution is 0.397. The summed E-state index contributed by atoms with van der Waals surface area (Å²) in [6, 6.07) is 0. The van der Waals surface area contributed by atoms with Crippen molar-refractivity contribution in [2.75, 3.05) is 12.4 Å². The van der Waals surface area contributed by atoms with E-state index in [1.807, 2.05) is 0 Å². The van der Waals surface area contributed by atoms with Crippen molar-refractivity contribution in [3.05, 3.63) is 12.0 Å². The van der Waals surface area contributed by atoms with Crippen LogP contribution in [0.25, 0.3) is 0 Å². The van der Waals surface area contributed by atoms with Crippen LogP contribution in [0.3, 0.4) is 0 Å². The minimum absolute atomic E-state index is 0.476. The molecule has 1 aromatic heterocycles.